The van der Waals surface area contributed by atoms with E-state index in [1.165, 1.54) is 0 Å². The molecule has 1 heterocycles. The highest BCUT2D eigenvalue weighted by Crippen LogP contribution is 2.29. The molecule has 0 bridgehead atoms. The predicted octanol–water partition coefficient (Wildman–Crippen LogP) is 0.704. The van der Waals surface area contributed by atoms with E-state index in [1.54, 1.807) is 7.11 Å². The predicted molar refractivity (Wildman–Crippen MR) is 67.6 cm³/mol. The van der Waals surface area contributed by atoms with Gasteiger partial charge in [-0.05, 0) is 13.8 Å². The molecule has 0 aromatic rings. The summed E-state index contributed by atoms with van der Waals surface area (Å²) in [5, 5.41) is 0. The van der Waals surface area contributed by atoms with Crippen LogP contribution in [0.1, 0.15) is 20.3 Å². The summed E-state index contributed by atoms with van der Waals surface area (Å²) in [5.41, 5.74) is 5.51. The average Bonchev–Trinajstić information content (AvgIpc) is 2.24. The number of nitrogens with zero attached hydrogens (tertiary/aromatic N) is 1. The zero-order valence-electron chi connectivity index (χ0n) is 10.4. The van der Waals surface area contributed by atoms with E-state index in [9.17, 15) is 4.79 Å². The summed E-state index contributed by atoms with van der Waals surface area (Å²) in [6, 6.07) is 0. The van der Waals surface area contributed by atoms with Crippen molar-refractivity contribution in [3.8, 4) is 0 Å². The zero-order valence-corrected chi connectivity index (χ0v) is 11.2. The first kappa shape index (κ1) is 13.8. The standard InChI is InChI=1S/C11H22N2O2S/c1-11(2)8-13(4-5-16-11)10(14)6-9(7-12)15-3/h9H,4-8,12H2,1-3H3. The monoisotopic (exact) mass is 246 g/mol. The highest BCUT2D eigenvalue weighted by Gasteiger charge is 2.30. The molecule has 1 saturated heterocycles. The second-order valence-corrected chi connectivity index (χ2v) is 6.52. The van der Waals surface area contributed by atoms with Gasteiger partial charge in [0.15, 0.2) is 0 Å². The van der Waals surface area contributed by atoms with Gasteiger partial charge in [0.25, 0.3) is 0 Å². The SMILES string of the molecule is COC(CN)CC(=O)N1CCSC(C)(C)C1. The summed E-state index contributed by atoms with van der Waals surface area (Å²) in [6.45, 7) is 6.40. The lowest BCUT2D eigenvalue weighted by Crippen LogP contribution is -2.47. The fraction of sp³-hybridized carbons (Fsp3) is 0.909. The quantitative estimate of drug-likeness (QED) is 0.793. The van der Waals surface area contributed by atoms with E-state index in [0.717, 1.165) is 18.8 Å². The lowest BCUT2D eigenvalue weighted by molar-refractivity contribution is -0.133. The molecule has 5 heteroatoms. The molecule has 1 fully saturated rings. The van der Waals surface area contributed by atoms with Gasteiger partial charge in [0.1, 0.15) is 0 Å². The normalized spacial score (nSPS) is 21.9. The largest absolute Gasteiger partial charge is 0.380 e. The number of methoxy groups -OCH3 is 1. The Morgan fingerprint density at radius 1 is 1.62 bits per heavy atom. The summed E-state index contributed by atoms with van der Waals surface area (Å²) in [7, 11) is 1.60. The molecule has 1 rings (SSSR count). The summed E-state index contributed by atoms with van der Waals surface area (Å²) in [5.74, 6) is 1.17. The summed E-state index contributed by atoms with van der Waals surface area (Å²) < 4.78 is 5.30. The molecule has 1 amide bonds. The van der Waals surface area contributed by atoms with Crippen molar-refractivity contribution in [3.63, 3.8) is 0 Å². The Hall–Kier alpha value is -0.260. The van der Waals surface area contributed by atoms with Crippen LogP contribution in [0.5, 0.6) is 0 Å². The molecule has 94 valence electrons. The minimum Gasteiger partial charge on any atom is -0.380 e. The van der Waals surface area contributed by atoms with Crippen LogP contribution in [-0.4, -0.2) is 54.2 Å². The second-order valence-electron chi connectivity index (χ2n) is 4.72. The molecule has 0 aromatic carbocycles. The third-order valence-electron chi connectivity index (χ3n) is 2.78. The minimum absolute atomic E-state index is 0.148. The lowest BCUT2D eigenvalue weighted by Gasteiger charge is -2.38. The smallest absolute Gasteiger partial charge is 0.225 e. The third-order valence-corrected chi connectivity index (χ3v) is 4.07. The van der Waals surface area contributed by atoms with Crippen LogP contribution >= 0.6 is 11.8 Å². The number of nitrogens with two attached hydrogens (primary N) is 1. The van der Waals surface area contributed by atoms with Crippen LogP contribution in [0.15, 0.2) is 0 Å². The van der Waals surface area contributed by atoms with E-state index < -0.39 is 0 Å². The maximum absolute atomic E-state index is 12.0. The lowest BCUT2D eigenvalue weighted by atomic mass is 10.1. The molecule has 1 aliphatic heterocycles. The van der Waals surface area contributed by atoms with Crippen LogP contribution in [0.2, 0.25) is 0 Å². The van der Waals surface area contributed by atoms with Gasteiger partial charge < -0.3 is 15.4 Å². The highest BCUT2D eigenvalue weighted by molar-refractivity contribution is 8.00. The molecule has 0 aliphatic carbocycles. The molecule has 1 atom stereocenters. The fourth-order valence-electron chi connectivity index (χ4n) is 1.82. The van der Waals surface area contributed by atoms with Crippen LogP contribution in [0.4, 0.5) is 0 Å². The summed E-state index contributed by atoms with van der Waals surface area (Å²) in [4.78, 5) is 13.9. The van der Waals surface area contributed by atoms with E-state index in [1.807, 2.05) is 16.7 Å². The molecule has 2 N–H and O–H groups in total. The number of hydrogen-bond acceptors (Lipinski definition) is 4. The Morgan fingerprint density at radius 2 is 2.31 bits per heavy atom. The van der Waals surface area contributed by atoms with E-state index in [-0.39, 0.29) is 16.8 Å². The van der Waals surface area contributed by atoms with E-state index in [2.05, 4.69) is 13.8 Å². The Morgan fingerprint density at radius 3 is 2.81 bits per heavy atom. The maximum atomic E-state index is 12.0. The van der Waals surface area contributed by atoms with Crippen LogP contribution in [0, 0.1) is 0 Å². The number of amides is 1. The first-order chi connectivity index (χ1) is 7.48. The van der Waals surface area contributed by atoms with Crippen molar-refractivity contribution in [3.05, 3.63) is 0 Å². The van der Waals surface area contributed by atoms with Gasteiger partial charge in [-0.2, -0.15) is 11.8 Å². The van der Waals surface area contributed by atoms with Crippen molar-refractivity contribution in [2.24, 2.45) is 5.73 Å². The van der Waals surface area contributed by atoms with Crippen LogP contribution < -0.4 is 5.73 Å². The average molecular weight is 246 g/mol. The Balaban J connectivity index is 2.47. The van der Waals surface area contributed by atoms with Crippen molar-refractivity contribution in [2.45, 2.75) is 31.1 Å². The molecule has 16 heavy (non-hydrogen) atoms. The second kappa shape index (κ2) is 5.89. The van der Waals surface area contributed by atoms with Gasteiger partial charge in [-0.3, -0.25) is 4.79 Å². The van der Waals surface area contributed by atoms with Crippen LogP contribution in [0.3, 0.4) is 0 Å². The van der Waals surface area contributed by atoms with Gasteiger partial charge >= 0.3 is 0 Å². The fourth-order valence-corrected chi connectivity index (χ4v) is 2.93. The summed E-state index contributed by atoms with van der Waals surface area (Å²) >= 11 is 1.92. The first-order valence-electron chi connectivity index (χ1n) is 5.63. The minimum atomic E-state index is -0.148. The Labute approximate surface area is 102 Å². The Bertz CT molecular complexity index is 242. The first-order valence-corrected chi connectivity index (χ1v) is 6.61. The van der Waals surface area contributed by atoms with Crippen molar-refractivity contribution in [1.82, 2.24) is 4.90 Å². The zero-order chi connectivity index (χ0) is 12.2. The number of rotatable bonds is 4. The van der Waals surface area contributed by atoms with Gasteiger partial charge in [-0.1, -0.05) is 0 Å². The van der Waals surface area contributed by atoms with E-state index in [4.69, 9.17) is 10.5 Å². The van der Waals surface area contributed by atoms with Gasteiger partial charge in [-0.15, -0.1) is 0 Å². The van der Waals surface area contributed by atoms with Crippen molar-refractivity contribution in [1.29, 1.82) is 0 Å². The third kappa shape index (κ3) is 3.96. The molecule has 0 aromatic heterocycles. The van der Waals surface area contributed by atoms with Crippen LogP contribution in [0.25, 0.3) is 0 Å². The molecule has 0 radical (unpaired) electrons. The molecule has 0 saturated carbocycles. The van der Waals surface area contributed by atoms with Crippen LogP contribution in [-0.2, 0) is 9.53 Å². The van der Waals surface area contributed by atoms with Gasteiger partial charge in [0.05, 0.1) is 12.5 Å². The number of ether oxygens (including phenoxy) is 1. The molecule has 0 spiro atoms. The molecule has 1 aliphatic rings. The number of carbonyl (C=O) groups is 1. The summed E-state index contributed by atoms with van der Waals surface area (Å²) in [6.07, 6.45) is 0.249. The molecule has 4 nitrogen and oxygen atoms in total. The number of hydrogen-bond donors (Lipinski definition) is 1. The van der Waals surface area contributed by atoms with E-state index in [0.29, 0.717) is 13.0 Å². The van der Waals surface area contributed by atoms with Gasteiger partial charge in [0.2, 0.25) is 5.91 Å². The van der Waals surface area contributed by atoms with Crippen molar-refractivity contribution in [2.75, 3.05) is 32.5 Å². The number of thioether (sulfide) groups is 1. The topological polar surface area (TPSA) is 55.6 Å². The maximum Gasteiger partial charge on any atom is 0.225 e. The number of carbonyl (C=O) groups excluding carboxylic acids is 1. The highest BCUT2D eigenvalue weighted by atomic mass is 32.2. The molecular formula is C11H22N2O2S. The Kier molecular flexibility index (Phi) is 5.08. The van der Waals surface area contributed by atoms with E-state index >= 15 is 0 Å². The van der Waals surface area contributed by atoms with Crippen molar-refractivity contribution < 1.29 is 9.53 Å². The molecule has 1 unspecified atom stereocenters. The van der Waals surface area contributed by atoms with Gasteiger partial charge in [-0.25, -0.2) is 0 Å². The molecular weight excluding hydrogens is 224 g/mol. The van der Waals surface area contributed by atoms with Gasteiger partial charge in [0, 0.05) is 37.2 Å². The van der Waals surface area contributed by atoms with Crippen molar-refractivity contribution >= 4 is 17.7 Å².